The van der Waals surface area contributed by atoms with Crippen molar-refractivity contribution in [3.63, 3.8) is 0 Å². The number of benzene rings is 1. The van der Waals surface area contributed by atoms with Crippen LogP contribution in [0.25, 0.3) is 0 Å². The Hall–Kier alpha value is -0.650. The molecule has 13 heavy (non-hydrogen) atoms. The van der Waals surface area contributed by atoms with E-state index in [4.69, 9.17) is 18.1 Å². The number of rotatable bonds is 1. The Kier molecular flexibility index (Phi) is 3.65. The molecular formula is C8H10BrN3S. The summed E-state index contributed by atoms with van der Waals surface area (Å²) in [5.74, 6) is 5.14. The summed E-state index contributed by atoms with van der Waals surface area (Å²) in [7, 11) is 0. The normalized spacial score (nSPS) is 9.46. The van der Waals surface area contributed by atoms with Gasteiger partial charge in [-0.2, -0.15) is 0 Å². The van der Waals surface area contributed by atoms with Gasteiger partial charge in [-0.25, -0.2) is 5.84 Å². The summed E-state index contributed by atoms with van der Waals surface area (Å²) in [6.45, 7) is 1.99. The first-order valence-corrected chi connectivity index (χ1v) is 4.87. The smallest absolute Gasteiger partial charge is 0.185 e. The fourth-order valence-corrected chi connectivity index (χ4v) is 1.51. The van der Waals surface area contributed by atoms with E-state index in [1.54, 1.807) is 0 Å². The first-order chi connectivity index (χ1) is 6.13. The van der Waals surface area contributed by atoms with E-state index in [1.165, 1.54) is 0 Å². The van der Waals surface area contributed by atoms with E-state index in [1.807, 2.05) is 25.1 Å². The molecule has 0 aliphatic heterocycles. The third-order valence-electron chi connectivity index (χ3n) is 1.57. The lowest BCUT2D eigenvalue weighted by Crippen LogP contribution is -2.34. The molecule has 0 aromatic heterocycles. The lowest BCUT2D eigenvalue weighted by Gasteiger charge is -2.09. The van der Waals surface area contributed by atoms with Crippen molar-refractivity contribution in [3.05, 3.63) is 28.2 Å². The zero-order chi connectivity index (χ0) is 9.84. The second-order valence-electron chi connectivity index (χ2n) is 2.56. The standard InChI is InChI=1S/C8H10BrN3S/c1-5-4-6(9)2-3-7(5)11-8(13)12-10/h2-4H,10H2,1H3,(H2,11,12,13). The monoisotopic (exact) mass is 259 g/mol. The van der Waals surface area contributed by atoms with Crippen LogP contribution in [-0.4, -0.2) is 5.11 Å². The molecule has 0 amide bonds. The van der Waals surface area contributed by atoms with Crippen molar-refractivity contribution in [2.24, 2.45) is 5.84 Å². The van der Waals surface area contributed by atoms with Crippen LogP contribution < -0.4 is 16.6 Å². The minimum absolute atomic E-state index is 0.408. The predicted molar refractivity (Wildman–Crippen MR) is 62.4 cm³/mol. The van der Waals surface area contributed by atoms with Crippen molar-refractivity contribution in [1.29, 1.82) is 0 Å². The molecule has 5 heteroatoms. The highest BCUT2D eigenvalue weighted by atomic mass is 79.9. The molecular weight excluding hydrogens is 250 g/mol. The molecule has 0 spiro atoms. The van der Waals surface area contributed by atoms with Gasteiger partial charge in [0.25, 0.3) is 0 Å². The number of anilines is 1. The van der Waals surface area contributed by atoms with Crippen LogP contribution in [0.3, 0.4) is 0 Å². The largest absolute Gasteiger partial charge is 0.331 e. The van der Waals surface area contributed by atoms with E-state index in [-0.39, 0.29) is 0 Å². The van der Waals surface area contributed by atoms with Gasteiger partial charge < -0.3 is 10.7 Å². The SMILES string of the molecule is Cc1cc(Br)ccc1NC(=S)NN. The zero-order valence-corrected chi connectivity index (χ0v) is 9.50. The van der Waals surface area contributed by atoms with Gasteiger partial charge in [-0.15, -0.1) is 0 Å². The molecule has 0 atom stereocenters. The topological polar surface area (TPSA) is 50.1 Å². The molecule has 0 saturated carbocycles. The Morgan fingerprint density at radius 2 is 2.23 bits per heavy atom. The van der Waals surface area contributed by atoms with Crippen LogP contribution in [0, 0.1) is 6.92 Å². The lowest BCUT2D eigenvalue weighted by atomic mass is 10.2. The molecule has 0 saturated heterocycles. The van der Waals surface area contributed by atoms with Crippen molar-refractivity contribution in [1.82, 2.24) is 5.43 Å². The van der Waals surface area contributed by atoms with Crippen LogP contribution in [0.5, 0.6) is 0 Å². The van der Waals surface area contributed by atoms with Gasteiger partial charge >= 0.3 is 0 Å². The highest BCUT2D eigenvalue weighted by Gasteiger charge is 1.99. The van der Waals surface area contributed by atoms with E-state index >= 15 is 0 Å². The predicted octanol–water partition coefficient (Wildman–Crippen LogP) is 1.92. The van der Waals surface area contributed by atoms with Gasteiger partial charge in [0.05, 0.1) is 0 Å². The molecule has 3 nitrogen and oxygen atoms in total. The van der Waals surface area contributed by atoms with E-state index in [0.29, 0.717) is 5.11 Å². The molecule has 0 fully saturated rings. The fourth-order valence-electron chi connectivity index (χ4n) is 0.926. The highest BCUT2D eigenvalue weighted by molar-refractivity contribution is 9.10. The molecule has 0 aliphatic carbocycles. The highest BCUT2D eigenvalue weighted by Crippen LogP contribution is 2.19. The molecule has 1 aromatic rings. The van der Waals surface area contributed by atoms with Crippen molar-refractivity contribution in [2.45, 2.75) is 6.92 Å². The Balaban J connectivity index is 2.83. The number of thiocarbonyl (C=S) groups is 1. The minimum Gasteiger partial charge on any atom is -0.331 e. The zero-order valence-electron chi connectivity index (χ0n) is 7.10. The van der Waals surface area contributed by atoms with Gasteiger partial charge in [-0.05, 0) is 42.9 Å². The average molecular weight is 260 g/mol. The molecule has 4 N–H and O–H groups in total. The van der Waals surface area contributed by atoms with Gasteiger partial charge in [-0.1, -0.05) is 15.9 Å². The molecule has 1 aromatic carbocycles. The fraction of sp³-hybridized carbons (Fsp3) is 0.125. The summed E-state index contributed by atoms with van der Waals surface area (Å²) in [6.07, 6.45) is 0. The van der Waals surface area contributed by atoms with Gasteiger partial charge in [0.2, 0.25) is 0 Å². The number of hydrogen-bond acceptors (Lipinski definition) is 2. The number of halogens is 1. The maximum Gasteiger partial charge on any atom is 0.185 e. The van der Waals surface area contributed by atoms with Crippen molar-refractivity contribution in [2.75, 3.05) is 5.32 Å². The van der Waals surface area contributed by atoms with Gasteiger partial charge in [0.1, 0.15) is 0 Å². The number of nitrogens with two attached hydrogens (primary N) is 1. The summed E-state index contributed by atoms with van der Waals surface area (Å²) in [4.78, 5) is 0. The second kappa shape index (κ2) is 4.55. The van der Waals surface area contributed by atoms with Crippen LogP contribution in [-0.2, 0) is 0 Å². The summed E-state index contributed by atoms with van der Waals surface area (Å²) >= 11 is 8.25. The molecule has 0 radical (unpaired) electrons. The van der Waals surface area contributed by atoms with E-state index in [0.717, 1.165) is 15.7 Å². The Morgan fingerprint density at radius 3 is 2.77 bits per heavy atom. The van der Waals surface area contributed by atoms with Crippen LogP contribution in [0.1, 0.15) is 5.56 Å². The Labute approximate surface area is 90.8 Å². The van der Waals surface area contributed by atoms with E-state index in [2.05, 4.69) is 26.7 Å². The number of nitrogens with one attached hydrogen (secondary N) is 2. The van der Waals surface area contributed by atoms with Crippen LogP contribution in [0.15, 0.2) is 22.7 Å². The third-order valence-corrected chi connectivity index (χ3v) is 2.28. The molecule has 0 unspecified atom stereocenters. The summed E-state index contributed by atoms with van der Waals surface area (Å²) in [5.41, 5.74) is 4.42. The molecule has 1 rings (SSSR count). The maximum atomic E-state index is 5.14. The van der Waals surface area contributed by atoms with Crippen molar-refractivity contribution >= 4 is 38.9 Å². The molecule has 0 bridgehead atoms. The van der Waals surface area contributed by atoms with Gasteiger partial charge in [0.15, 0.2) is 5.11 Å². The number of aryl methyl sites for hydroxylation is 1. The molecule has 70 valence electrons. The van der Waals surface area contributed by atoms with Crippen LogP contribution >= 0.6 is 28.1 Å². The van der Waals surface area contributed by atoms with Crippen LogP contribution in [0.2, 0.25) is 0 Å². The number of hydrogen-bond donors (Lipinski definition) is 3. The summed E-state index contributed by atoms with van der Waals surface area (Å²) < 4.78 is 1.04. The van der Waals surface area contributed by atoms with Gasteiger partial charge in [0, 0.05) is 10.2 Å². The van der Waals surface area contributed by atoms with Gasteiger partial charge in [-0.3, -0.25) is 0 Å². The molecule has 0 aliphatic rings. The minimum atomic E-state index is 0.408. The first kappa shape index (κ1) is 10.4. The van der Waals surface area contributed by atoms with Crippen molar-refractivity contribution < 1.29 is 0 Å². The quantitative estimate of drug-likeness (QED) is 0.410. The summed E-state index contributed by atoms with van der Waals surface area (Å²) in [5, 5.41) is 3.37. The lowest BCUT2D eigenvalue weighted by molar-refractivity contribution is 1.04. The molecule has 0 heterocycles. The third kappa shape index (κ3) is 2.95. The first-order valence-electron chi connectivity index (χ1n) is 3.67. The Bertz CT molecular complexity index is 327. The summed E-state index contributed by atoms with van der Waals surface area (Å²) in [6, 6.07) is 5.87. The van der Waals surface area contributed by atoms with E-state index in [9.17, 15) is 0 Å². The average Bonchev–Trinajstić information content (AvgIpc) is 2.09. The Morgan fingerprint density at radius 1 is 1.54 bits per heavy atom. The van der Waals surface area contributed by atoms with Crippen LogP contribution in [0.4, 0.5) is 5.69 Å². The van der Waals surface area contributed by atoms with E-state index < -0.39 is 0 Å². The maximum absolute atomic E-state index is 5.14. The second-order valence-corrected chi connectivity index (χ2v) is 3.88. The number of hydrazine groups is 1. The van der Waals surface area contributed by atoms with Crippen molar-refractivity contribution in [3.8, 4) is 0 Å².